The van der Waals surface area contributed by atoms with E-state index in [1.807, 2.05) is 12.2 Å². The van der Waals surface area contributed by atoms with Gasteiger partial charge < -0.3 is 0 Å². The molecule has 0 aromatic heterocycles. The number of hydrogen-bond donors (Lipinski definition) is 0. The zero-order valence-corrected chi connectivity index (χ0v) is 10.3. The second kappa shape index (κ2) is 5.42. The molecule has 0 atom stereocenters. The van der Waals surface area contributed by atoms with Crippen LogP contribution >= 0.6 is 0 Å². The molecule has 1 aliphatic carbocycles. The van der Waals surface area contributed by atoms with Gasteiger partial charge in [-0.05, 0) is 42.5 Å². The van der Waals surface area contributed by atoms with Gasteiger partial charge >= 0.3 is 0 Å². The molecule has 0 fully saturated rings. The maximum Gasteiger partial charge on any atom is 0.194 e. The van der Waals surface area contributed by atoms with Gasteiger partial charge in [0.1, 0.15) is 0 Å². The summed E-state index contributed by atoms with van der Waals surface area (Å²) in [5.41, 5.74) is 2.63. The van der Waals surface area contributed by atoms with Gasteiger partial charge in [0, 0.05) is 0 Å². The lowest BCUT2D eigenvalue weighted by atomic mass is 9.91. The Balaban J connectivity index is 2.28. The highest BCUT2D eigenvalue weighted by molar-refractivity contribution is 5.68. The van der Waals surface area contributed by atoms with Crippen molar-refractivity contribution in [2.24, 2.45) is 0 Å². The van der Waals surface area contributed by atoms with E-state index in [0.29, 0.717) is 5.56 Å². The van der Waals surface area contributed by atoms with Gasteiger partial charge in [-0.3, -0.25) is 0 Å². The van der Waals surface area contributed by atoms with Gasteiger partial charge in [-0.2, -0.15) is 0 Å². The quantitative estimate of drug-likeness (QED) is 0.663. The second-order valence-corrected chi connectivity index (χ2v) is 4.52. The van der Waals surface area contributed by atoms with E-state index in [2.05, 4.69) is 6.92 Å². The number of rotatable bonds is 3. The van der Waals surface area contributed by atoms with E-state index >= 15 is 0 Å². The molecule has 18 heavy (non-hydrogen) atoms. The van der Waals surface area contributed by atoms with Crippen molar-refractivity contribution >= 4 is 5.57 Å². The Morgan fingerprint density at radius 2 is 1.67 bits per heavy atom. The van der Waals surface area contributed by atoms with Gasteiger partial charge in [0.2, 0.25) is 0 Å². The molecule has 0 amide bonds. The third kappa shape index (κ3) is 2.66. The van der Waals surface area contributed by atoms with Crippen molar-refractivity contribution in [2.75, 3.05) is 0 Å². The summed E-state index contributed by atoms with van der Waals surface area (Å²) in [6.45, 7) is 2.12. The molecular formula is C15H15F3. The van der Waals surface area contributed by atoms with Crippen LogP contribution in [-0.4, -0.2) is 0 Å². The summed E-state index contributed by atoms with van der Waals surface area (Å²) in [6.07, 6.45) is 7.67. The Bertz CT molecular complexity index is 489. The Morgan fingerprint density at radius 3 is 2.17 bits per heavy atom. The molecule has 0 heterocycles. The molecule has 1 aromatic carbocycles. The smallest absolute Gasteiger partial charge is 0.194 e. The van der Waals surface area contributed by atoms with E-state index in [1.165, 1.54) is 5.57 Å². The number of allylic oxidation sites excluding steroid dienone is 4. The molecule has 1 aromatic rings. The van der Waals surface area contributed by atoms with Crippen LogP contribution in [0, 0.1) is 17.5 Å². The van der Waals surface area contributed by atoms with E-state index in [9.17, 15) is 13.2 Å². The summed E-state index contributed by atoms with van der Waals surface area (Å²) in [7, 11) is 0. The van der Waals surface area contributed by atoms with Crippen LogP contribution in [0.25, 0.3) is 5.57 Å². The first-order valence-corrected chi connectivity index (χ1v) is 6.15. The van der Waals surface area contributed by atoms with Crippen molar-refractivity contribution in [1.82, 2.24) is 0 Å². The second-order valence-electron chi connectivity index (χ2n) is 4.52. The van der Waals surface area contributed by atoms with Crippen LogP contribution in [0.3, 0.4) is 0 Å². The Hall–Kier alpha value is -1.51. The first kappa shape index (κ1) is 12.9. The first-order chi connectivity index (χ1) is 8.61. The number of halogens is 3. The van der Waals surface area contributed by atoms with Crippen LogP contribution in [0.2, 0.25) is 0 Å². The summed E-state index contributed by atoms with van der Waals surface area (Å²) < 4.78 is 39.1. The van der Waals surface area contributed by atoms with Crippen LogP contribution in [0.4, 0.5) is 13.2 Å². The van der Waals surface area contributed by atoms with Gasteiger partial charge in [-0.15, -0.1) is 0 Å². The lowest BCUT2D eigenvalue weighted by Gasteiger charge is -2.15. The molecule has 0 radical (unpaired) electrons. The topological polar surface area (TPSA) is 0 Å². The van der Waals surface area contributed by atoms with E-state index in [1.54, 1.807) is 0 Å². The summed E-state index contributed by atoms with van der Waals surface area (Å²) in [5.74, 6) is -3.67. The third-order valence-corrected chi connectivity index (χ3v) is 3.16. The zero-order valence-electron chi connectivity index (χ0n) is 10.3. The third-order valence-electron chi connectivity index (χ3n) is 3.16. The lowest BCUT2D eigenvalue weighted by Crippen LogP contribution is -1.98. The van der Waals surface area contributed by atoms with E-state index < -0.39 is 17.5 Å². The maximum absolute atomic E-state index is 13.1. The Kier molecular flexibility index (Phi) is 3.90. The van der Waals surface area contributed by atoms with E-state index in [0.717, 1.165) is 43.4 Å². The molecule has 0 nitrogen and oxygen atoms in total. The largest absolute Gasteiger partial charge is 0.204 e. The highest BCUT2D eigenvalue weighted by Gasteiger charge is 2.14. The maximum atomic E-state index is 13.1. The average molecular weight is 252 g/mol. The van der Waals surface area contributed by atoms with Crippen LogP contribution in [0.1, 0.15) is 38.2 Å². The minimum atomic E-state index is -1.41. The van der Waals surface area contributed by atoms with E-state index in [-0.39, 0.29) is 0 Å². The SMILES string of the molecule is CCCC1=CC=C(c2cc(F)c(F)c(F)c2)CC1. The lowest BCUT2D eigenvalue weighted by molar-refractivity contribution is 0.446. The van der Waals surface area contributed by atoms with Gasteiger partial charge in [-0.1, -0.05) is 31.1 Å². The minimum absolute atomic E-state index is 0.429. The first-order valence-electron chi connectivity index (χ1n) is 6.15. The molecule has 0 unspecified atom stereocenters. The molecule has 3 heteroatoms. The standard InChI is InChI=1S/C15H15F3/c1-2-3-10-4-6-11(7-5-10)12-8-13(16)15(18)14(17)9-12/h4,6,8-9H,2-3,5,7H2,1H3. The fraction of sp³-hybridized carbons (Fsp3) is 0.333. The van der Waals surface area contributed by atoms with Crippen molar-refractivity contribution in [3.63, 3.8) is 0 Å². The predicted octanol–water partition coefficient (Wildman–Crippen LogP) is 5.01. The molecule has 0 saturated heterocycles. The average Bonchev–Trinajstić information content (AvgIpc) is 2.37. The Labute approximate surface area is 105 Å². The monoisotopic (exact) mass is 252 g/mol. The normalized spacial score (nSPS) is 15.3. The van der Waals surface area contributed by atoms with Crippen LogP contribution in [0.15, 0.2) is 29.9 Å². The molecule has 0 aliphatic heterocycles. The molecule has 0 spiro atoms. The molecule has 0 bridgehead atoms. The Morgan fingerprint density at radius 1 is 1.00 bits per heavy atom. The molecule has 1 aliphatic rings. The van der Waals surface area contributed by atoms with Gasteiger partial charge in [-0.25, -0.2) is 13.2 Å². The predicted molar refractivity (Wildman–Crippen MR) is 66.5 cm³/mol. The van der Waals surface area contributed by atoms with Gasteiger partial charge in [0.05, 0.1) is 0 Å². The number of benzene rings is 1. The molecule has 0 N–H and O–H groups in total. The zero-order chi connectivity index (χ0) is 13.1. The van der Waals surface area contributed by atoms with Crippen molar-refractivity contribution in [2.45, 2.75) is 32.6 Å². The van der Waals surface area contributed by atoms with E-state index in [4.69, 9.17) is 0 Å². The summed E-state index contributed by atoms with van der Waals surface area (Å²) >= 11 is 0. The van der Waals surface area contributed by atoms with Crippen molar-refractivity contribution in [3.05, 3.63) is 52.9 Å². The molecule has 0 saturated carbocycles. The van der Waals surface area contributed by atoms with Crippen LogP contribution < -0.4 is 0 Å². The molecule has 96 valence electrons. The fourth-order valence-electron chi connectivity index (χ4n) is 2.19. The van der Waals surface area contributed by atoms with Gasteiger partial charge in [0.25, 0.3) is 0 Å². The van der Waals surface area contributed by atoms with Crippen molar-refractivity contribution in [3.8, 4) is 0 Å². The summed E-state index contributed by atoms with van der Waals surface area (Å²) in [4.78, 5) is 0. The van der Waals surface area contributed by atoms with Crippen molar-refractivity contribution in [1.29, 1.82) is 0 Å². The highest BCUT2D eigenvalue weighted by atomic mass is 19.2. The van der Waals surface area contributed by atoms with Crippen LogP contribution in [0.5, 0.6) is 0 Å². The number of hydrogen-bond acceptors (Lipinski definition) is 0. The summed E-state index contributed by atoms with van der Waals surface area (Å²) in [5, 5.41) is 0. The van der Waals surface area contributed by atoms with Crippen LogP contribution in [-0.2, 0) is 0 Å². The molecule has 2 rings (SSSR count). The van der Waals surface area contributed by atoms with Gasteiger partial charge in [0.15, 0.2) is 17.5 Å². The fourth-order valence-corrected chi connectivity index (χ4v) is 2.19. The molecular weight excluding hydrogens is 237 g/mol. The minimum Gasteiger partial charge on any atom is -0.204 e. The highest BCUT2D eigenvalue weighted by Crippen LogP contribution is 2.29. The van der Waals surface area contributed by atoms with Crippen molar-refractivity contribution < 1.29 is 13.2 Å². The summed E-state index contributed by atoms with van der Waals surface area (Å²) in [6, 6.07) is 2.12.